The predicted octanol–water partition coefficient (Wildman–Crippen LogP) is 1.77. The summed E-state index contributed by atoms with van der Waals surface area (Å²) >= 11 is 1.65. The highest BCUT2D eigenvalue weighted by molar-refractivity contribution is 7.90. The fourth-order valence-electron chi connectivity index (χ4n) is 2.35. The van der Waals surface area contributed by atoms with Gasteiger partial charge in [-0.05, 0) is 38.0 Å². The summed E-state index contributed by atoms with van der Waals surface area (Å²) in [6, 6.07) is 5.91. The van der Waals surface area contributed by atoms with Crippen molar-refractivity contribution in [2.75, 3.05) is 0 Å². The molecule has 7 nitrogen and oxygen atoms in total. The summed E-state index contributed by atoms with van der Waals surface area (Å²) in [7, 11) is -3.20. The van der Waals surface area contributed by atoms with Gasteiger partial charge in [0.25, 0.3) is 0 Å². The molecule has 120 valence electrons. The summed E-state index contributed by atoms with van der Waals surface area (Å²) in [6.45, 7) is 2.14. The molecule has 4 rings (SSSR count). The van der Waals surface area contributed by atoms with Crippen LogP contribution < -0.4 is 4.72 Å². The molecule has 0 radical (unpaired) electrons. The van der Waals surface area contributed by atoms with E-state index in [1.165, 1.54) is 0 Å². The first kappa shape index (κ1) is 14.7. The topological polar surface area (TPSA) is 89.8 Å². The van der Waals surface area contributed by atoms with E-state index in [1.54, 1.807) is 22.2 Å². The van der Waals surface area contributed by atoms with Gasteiger partial charge in [-0.25, -0.2) is 22.8 Å². The molecule has 1 fully saturated rings. The number of nitrogens with zero attached hydrogens (tertiary/aromatic N) is 4. The van der Waals surface area contributed by atoms with Crippen LogP contribution in [-0.2, 0) is 16.6 Å². The molecule has 1 aliphatic rings. The molecule has 0 atom stereocenters. The van der Waals surface area contributed by atoms with Crippen molar-refractivity contribution >= 4 is 31.6 Å². The summed E-state index contributed by atoms with van der Waals surface area (Å²) in [5.41, 5.74) is 2.37. The lowest BCUT2D eigenvalue weighted by Gasteiger charge is -2.02. The minimum absolute atomic E-state index is 0.164. The molecule has 23 heavy (non-hydrogen) atoms. The average molecular weight is 349 g/mol. The monoisotopic (exact) mass is 349 g/mol. The molecule has 1 N–H and O–H groups in total. The number of aromatic nitrogens is 4. The van der Waals surface area contributed by atoms with Crippen LogP contribution in [-0.4, -0.2) is 33.6 Å². The fraction of sp³-hybridized carbons (Fsp3) is 0.357. The third-order valence-electron chi connectivity index (χ3n) is 3.70. The van der Waals surface area contributed by atoms with Crippen LogP contribution in [0.3, 0.4) is 0 Å². The van der Waals surface area contributed by atoms with Crippen LogP contribution in [0.1, 0.15) is 23.5 Å². The van der Waals surface area contributed by atoms with Gasteiger partial charge in [-0.2, -0.15) is 0 Å². The van der Waals surface area contributed by atoms with Gasteiger partial charge in [-0.3, -0.25) is 0 Å². The first-order valence-electron chi connectivity index (χ1n) is 7.28. The molecule has 2 heterocycles. The highest BCUT2D eigenvalue weighted by Crippen LogP contribution is 2.27. The second-order valence-corrected chi connectivity index (χ2v) is 8.88. The van der Waals surface area contributed by atoms with Crippen molar-refractivity contribution in [3.63, 3.8) is 0 Å². The van der Waals surface area contributed by atoms with Gasteiger partial charge < -0.3 is 0 Å². The summed E-state index contributed by atoms with van der Waals surface area (Å²) < 4.78 is 29.0. The number of hydrogen-bond acceptors (Lipinski definition) is 6. The van der Waals surface area contributed by atoms with E-state index in [0.717, 1.165) is 33.8 Å². The van der Waals surface area contributed by atoms with Gasteiger partial charge in [0.2, 0.25) is 10.0 Å². The Balaban J connectivity index is 1.54. The molecule has 0 saturated heterocycles. The molecular formula is C14H15N5O2S2. The van der Waals surface area contributed by atoms with E-state index in [4.69, 9.17) is 0 Å². The SMILES string of the molecule is Cc1nc2cc(-n3cc(CNS(=O)(=O)C4CC4)nn3)ccc2s1. The minimum Gasteiger partial charge on any atom is -0.241 e. The lowest BCUT2D eigenvalue weighted by molar-refractivity contribution is 0.579. The van der Waals surface area contributed by atoms with Crippen LogP contribution >= 0.6 is 11.3 Å². The molecule has 0 bridgehead atoms. The van der Waals surface area contributed by atoms with Crippen molar-refractivity contribution in [2.24, 2.45) is 0 Å². The first-order chi connectivity index (χ1) is 11.0. The smallest absolute Gasteiger partial charge is 0.214 e. The Morgan fingerprint density at radius 2 is 2.22 bits per heavy atom. The molecule has 0 aliphatic heterocycles. The van der Waals surface area contributed by atoms with E-state index >= 15 is 0 Å². The Morgan fingerprint density at radius 3 is 3.00 bits per heavy atom. The van der Waals surface area contributed by atoms with Gasteiger partial charge in [0.1, 0.15) is 0 Å². The number of thiazole rings is 1. The summed E-state index contributed by atoms with van der Waals surface area (Å²) in [5.74, 6) is 0. The third-order valence-corrected chi connectivity index (χ3v) is 6.55. The van der Waals surface area contributed by atoms with Crippen LogP contribution in [0.5, 0.6) is 0 Å². The normalized spacial score (nSPS) is 15.3. The Hall–Kier alpha value is -1.84. The average Bonchev–Trinajstić information content (AvgIpc) is 3.16. The molecule has 9 heteroatoms. The zero-order chi connectivity index (χ0) is 16.0. The Kier molecular flexibility index (Phi) is 3.43. The number of nitrogens with one attached hydrogen (secondary N) is 1. The van der Waals surface area contributed by atoms with Crippen molar-refractivity contribution in [1.29, 1.82) is 0 Å². The van der Waals surface area contributed by atoms with Crippen molar-refractivity contribution in [3.05, 3.63) is 35.1 Å². The molecule has 1 saturated carbocycles. The summed E-state index contributed by atoms with van der Waals surface area (Å²) in [5, 5.41) is 8.89. The molecule has 0 spiro atoms. The minimum atomic E-state index is -3.20. The molecular weight excluding hydrogens is 334 g/mol. The lowest BCUT2D eigenvalue weighted by atomic mass is 10.3. The number of aryl methyl sites for hydroxylation is 1. The maximum atomic E-state index is 11.8. The maximum absolute atomic E-state index is 11.8. The van der Waals surface area contributed by atoms with Crippen molar-refractivity contribution in [1.82, 2.24) is 24.7 Å². The quantitative estimate of drug-likeness (QED) is 0.758. The molecule has 2 aromatic heterocycles. The highest BCUT2D eigenvalue weighted by Gasteiger charge is 2.35. The van der Waals surface area contributed by atoms with Crippen LogP contribution in [0.2, 0.25) is 0 Å². The number of sulfonamides is 1. The second kappa shape index (κ2) is 5.36. The Labute approximate surface area is 137 Å². The van der Waals surface area contributed by atoms with E-state index in [0.29, 0.717) is 5.69 Å². The number of fused-ring (bicyclic) bond motifs is 1. The number of benzene rings is 1. The standard InChI is InChI=1S/C14H15N5O2S2/c1-9-16-13-6-11(2-5-14(13)22-9)19-8-10(17-18-19)7-15-23(20,21)12-3-4-12/h2,5-6,8,12,15H,3-4,7H2,1H3. The summed E-state index contributed by atoms with van der Waals surface area (Å²) in [6.07, 6.45) is 3.22. The van der Waals surface area contributed by atoms with Crippen LogP contribution in [0.4, 0.5) is 0 Å². The van der Waals surface area contributed by atoms with E-state index in [9.17, 15) is 8.42 Å². The van der Waals surface area contributed by atoms with Crippen molar-refractivity contribution in [3.8, 4) is 5.69 Å². The van der Waals surface area contributed by atoms with Crippen LogP contribution in [0.25, 0.3) is 15.9 Å². The van der Waals surface area contributed by atoms with Crippen LogP contribution in [0, 0.1) is 6.92 Å². The fourth-order valence-corrected chi connectivity index (χ4v) is 4.50. The second-order valence-electron chi connectivity index (χ2n) is 5.60. The number of hydrogen-bond donors (Lipinski definition) is 1. The molecule has 0 amide bonds. The van der Waals surface area contributed by atoms with Gasteiger partial charge >= 0.3 is 0 Å². The summed E-state index contributed by atoms with van der Waals surface area (Å²) in [4.78, 5) is 4.47. The zero-order valence-corrected chi connectivity index (χ0v) is 14.1. The van der Waals surface area contributed by atoms with Gasteiger partial charge in [0.05, 0.1) is 44.6 Å². The largest absolute Gasteiger partial charge is 0.241 e. The van der Waals surface area contributed by atoms with Crippen molar-refractivity contribution in [2.45, 2.75) is 31.6 Å². The van der Waals surface area contributed by atoms with E-state index < -0.39 is 10.0 Å². The third kappa shape index (κ3) is 2.99. The molecule has 1 aromatic carbocycles. The van der Waals surface area contributed by atoms with E-state index in [-0.39, 0.29) is 11.8 Å². The van der Waals surface area contributed by atoms with Gasteiger partial charge in [-0.15, -0.1) is 16.4 Å². The van der Waals surface area contributed by atoms with Gasteiger partial charge in [0.15, 0.2) is 0 Å². The molecule has 0 unspecified atom stereocenters. The van der Waals surface area contributed by atoms with Gasteiger partial charge in [0, 0.05) is 0 Å². The number of rotatable bonds is 5. The van der Waals surface area contributed by atoms with Gasteiger partial charge in [-0.1, -0.05) is 5.21 Å². The molecule has 1 aliphatic carbocycles. The highest BCUT2D eigenvalue weighted by atomic mass is 32.2. The first-order valence-corrected chi connectivity index (χ1v) is 9.65. The molecule has 3 aromatic rings. The Morgan fingerprint density at radius 1 is 1.39 bits per heavy atom. The zero-order valence-electron chi connectivity index (χ0n) is 12.4. The lowest BCUT2D eigenvalue weighted by Crippen LogP contribution is -2.26. The van der Waals surface area contributed by atoms with Crippen LogP contribution in [0.15, 0.2) is 24.4 Å². The van der Waals surface area contributed by atoms with Crippen molar-refractivity contribution < 1.29 is 8.42 Å². The maximum Gasteiger partial charge on any atom is 0.214 e. The van der Waals surface area contributed by atoms with E-state index in [2.05, 4.69) is 20.0 Å². The predicted molar refractivity (Wildman–Crippen MR) is 88.1 cm³/mol. The Bertz CT molecular complexity index is 972. The van der Waals surface area contributed by atoms with E-state index in [1.807, 2.05) is 25.1 Å².